The molecule has 0 radical (unpaired) electrons. The first kappa shape index (κ1) is 21.9. The summed E-state index contributed by atoms with van der Waals surface area (Å²) in [7, 11) is 0. The van der Waals surface area contributed by atoms with Gasteiger partial charge in [-0.3, -0.25) is 9.59 Å². The van der Waals surface area contributed by atoms with E-state index in [9.17, 15) is 9.59 Å². The molecule has 1 aromatic heterocycles. The quantitative estimate of drug-likeness (QED) is 0.331. The standard InChI is InChI=1S/C25H21ClN2O3S/c1-3-31-17-11-9-16(10-12-17)27-24(29)19-14-15(2)8-13-20(19)28-25(30)23-22(26)18-6-4-5-7-21(18)32-23/h4-14H,3H2,1-2H3,(H,27,29)(H,28,30). The molecule has 0 saturated heterocycles. The number of aryl methyl sites for hydroxylation is 1. The van der Waals surface area contributed by atoms with Gasteiger partial charge in [0.1, 0.15) is 10.6 Å². The second kappa shape index (κ2) is 9.42. The first-order valence-corrected chi connectivity index (χ1v) is 11.3. The predicted molar refractivity (Wildman–Crippen MR) is 132 cm³/mol. The van der Waals surface area contributed by atoms with Gasteiger partial charge in [-0.15, -0.1) is 11.3 Å². The van der Waals surface area contributed by atoms with E-state index in [1.54, 1.807) is 36.4 Å². The number of ether oxygens (including phenoxy) is 1. The summed E-state index contributed by atoms with van der Waals surface area (Å²) in [5.41, 5.74) is 2.31. The van der Waals surface area contributed by atoms with Gasteiger partial charge in [0, 0.05) is 15.8 Å². The highest BCUT2D eigenvalue weighted by molar-refractivity contribution is 7.21. The lowest BCUT2D eigenvalue weighted by molar-refractivity contribution is 0.102. The molecule has 3 aromatic carbocycles. The van der Waals surface area contributed by atoms with Crippen LogP contribution >= 0.6 is 22.9 Å². The summed E-state index contributed by atoms with van der Waals surface area (Å²) in [6.07, 6.45) is 0. The van der Waals surface area contributed by atoms with Gasteiger partial charge in [0.15, 0.2) is 0 Å². The Kier molecular flexibility index (Phi) is 6.44. The van der Waals surface area contributed by atoms with Gasteiger partial charge in [-0.05, 0) is 56.3 Å². The minimum absolute atomic E-state index is 0.324. The fraction of sp³-hybridized carbons (Fsp3) is 0.120. The number of nitrogens with one attached hydrogen (secondary N) is 2. The summed E-state index contributed by atoms with van der Waals surface area (Å²) in [5, 5.41) is 6.97. The molecule has 162 valence electrons. The predicted octanol–water partition coefficient (Wildman–Crippen LogP) is 6.77. The van der Waals surface area contributed by atoms with Gasteiger partial charge in [0.05, 0.1) is 22.9 Å². The molecule has 0 atom stereocenters. The van der Waals surface area contributed by atoms with Gasteiger partial charge < -0.3 is 15.4 Å². The normalized spacial score (nSPS) is 10.7. The second-order valence-electron chi connectivity index (χ2n) is 7.16. The van der Waals surface area contributed by atoms with E-state index < -0.39 is 0 Å². The monoisotopic (exact) mass is 464 g/mol. The van der Waals surface area contributed by atoms with Crippen LogP contribution in [0.1, 0.15) is 32.5 Å². The number of fused-ring (bicyclic) bond motifs is 1. The van der Waals surface area contributed by atoms with Crippen molar-refractivity contribution >= 4 is 56.2 Å². The molecule has 32 heavy (non-hydrogen) atoms. The molecule has 2 amide bonds. The Bertz CT molecular complexity index is 1300. The van der Waals surface area contributed by atoms with Crippen LogP contribution in [0.15, 0.2) is 66.7 Å². The molecule has 0 aliphatic rings. The lowest BCUT2D eigenvalue weighted by Gasteiger charge is -2.13. The van der Waals surface area contributed by atoms with Gasteiger partial charge in [0.2, 0.25) is 0 Å². The van der Waals surface area contributed by atoms with E-state index in [-0.39, 0.29) is 11.8 Å². The Balaban J connectivity index is 1.58. The fourth-order valence-electron chi connectivity index (χ4n) is 3.29. The largest absolute Gasteiger partial charge is 0.494 e. The molecule has 0 aliphatic heterocycles. The van der Waals surface area contributed by atoms with E-state index in [1.807, 2.05) is 44.2 Å². The number of carbonyl (C=O) groups excluding carboxylic acids is 2. The molecule has 0 spiro atoms. The molecule has 0 fully saturated rings. The molecule has 0 saturated carbocycles. The molecule has 1 heterocycles. The number of hydrogen-bond acceptors (Lipinski definition) is 4. The molecule has 4 aromatic rings. The first-order valence-electron chi connectivity index (χ1n) is 10.1. The average Bonchev–Trinajstić information content (AvgIpc) is 3.13. The third kappa shape index (κ3) is 4.61. The van der Waals surface area contributed by atoms with Crippen molar-refractivity contribution in [2.75, 3.05) is 17.2 Å². The number of thiophene rings is 1. The van der Waals surface area contributed by atoms with E-state index in [4.69, 9.17) is 16.3 Å². The first-order chi connectivity index (χ1) is 15.5. The number of halogens is 1. The van der Waals surface area contributed by atoms with Crippen molar-refractivity contribution in [3.8, 4) is 5.75 Å². The van der Waals surface area contributed by atoms with E-state index in [0.717, 1.165) is 21.4 Å². The van der Waals surface area contributed by atoms with Crippen LogP contribution in [0.2, 0.25) is 5.02 Å². The topological polar surface area (TPSA) is 67.4 Å². The van der Waals surface area contributed by atoms with Gasteiger partial charge in [-0.25, -0.2) is 0 Å². The smallest absolute Gasteiger partial charge is 0.267 e. The van der Waals surface area contributed by atoms with Crippen molar-refractivity contribution in [1.29, 1.82) is 0 Å². The molecular weight excluding hydrogens is 444 g/mol. The van der Waals surface area contributed by atoms with Crippen LogP contribution in [0.25, 0.3) is 10.1 Å². The second-order valence-corrected chi connectivity index (χ2v) is 8.59. The lowest BCUT2D eigenvalue weighted by Crippen LogP contribution is -2.18. The molecule has 7 heteroatoms. The highest BCUT2D eigenvalue weighted by Gasteiger charge is 2.20. The lowest BCUT2D eigenvalue weighted by atomic mass is 10.1. The molecule has 0 unspecified atom stereocenters. The number of carbonyl (C=O) groups is 2. The van der Waals surface area contributed by atoms with Gasteiger partial charge in [-0.1, -0.05) is 41.4 Å². The van der Waals surface area contributed by atoms with Crippen LogP contribution in [-0.2, 0) is 0 Å². The van der Waals surface area contributed by atoms with Crippen LogP contribution in [0.3, 0.4) is 0 Å². The van der Waals surface area contributed by atoms with Gasteiger partial charge in [0.25, 0.3) is 11.8 Å². The minimum atomic E-state index is -0.352. The van der Waals surface area contributed by atoms with Crippen molar-refractivity contribution < 1.29 is 14.3 Å². The Morgan fingerprint density at radius 1 is 0.969 bits per heavy atom. The highest BCUT2D eigenvalue weighted by Crippen LogP contribution is 2.35. The van der Waals surface area contributed by atoms with Crippen molar-refractivity contribution in [3.63, 3.8) is 0 Å². The van der Waals surface area contributed by atoms with Crippen LogP contribution < -0.4 is 15.4 Å². The number of rotatable bonds is 6. The molecule has 0 aliphatic carbocycles. The van der Waals surface area contributed by atoms with Crippen molar-refractivity contribution in [3.05, 3.63) is 87.8 Å². The fourth-order valence-corrected chi connectivity index (χ4v) is 4.71. The van der Waals surface area contributed by atoms with E-state index in [1.165, 1.54) is 11.3 Å². The Labute approximate surface area is 195 Å². The summed E-state index contributed by atoms with van der Waals surface area (Å²) in [4.78, 5) is 26.4. The number of hydrogen-bond donors (Lipinski definition) is 2. The summed E-state index contributed by atoms with van der Waals surface area (Å²) in [6, 6.07) is 20.0. The summed E-state index contributed by atoms with van der Waals surface area (Å²) in [6.45, 7) is 4.37. The van der Waals surface area contributed by atoms with Crippen LogP contribution in [-0.4, -0.2) is 18.4 Å². The maximum atomic E-state index is 13.0. The summed E-state index contributed by atoms with van der Waals surface area (Å²) in [5.74, 6) is 0.0555. The molecule has 2 N–H and O–H groups in total. The number of amides is 2. The summed E-state index contributed by atoms with van der Waals surface area (Å²) < 4.78 is 6.36. The van der Waals surface area contributed by atoms with Crippen LogP contribution in [0.5, 0.6) is 5.75 Å². The van der Waals surface area contributed by atoms with Gasteiger partial charge in [-0.2, -0.15) is 0 Å². The van der Waals surface area contributed by atoms with E-state index in [0.29, 0.717) is 33.4 Å². The Morgan fingerprint density at radius 3 is 2.44 bits per heavy atom. The zero-order chi connectivity index (χ0) is 22.7. The summed E-state index contributed by atoms with van der Waals surface area (Å²) >= 11 is 7.77. The Hall–Kier alpha value is -3.35. The van der Waals surface area contributed by atoms with Crippen molar-refractivity contribution in [1.82, 2.24) is 0 Å². The maximum absolute atomic E-state index is 13.0. The third-order valence-corrected chi connectivity index (χ3v) is 6.51. The zero-order valence-corrected chi connectivity index (χ0v) is 19.1. The van der Waals surface area contributed by atoms with Crippen molar-refractivity contribution in [2.45, 2.75) is 13.8 Å². The van der Waals surface area contributed by atoms with Crippen LogP contribution in [0.4, 0.5) is 11.4 Å². The number of anilines is 2. The van der Waals surface area contributed by atoms with E-state index >= 15 is 0 Å². The van der Waals surface area contributed by atoms with Crippen LogP contribution in [0, 0.1) is 6.92 Å². The highest BCUT2D eigenvalue weighted by atomic mass is 35.5. The SMILES string of the molecule is CCOc1ccc(NC(=O)c2cc(C)ccc2NC(=O)c2sc3ccccc3c2Cl)cc1. The zero-order valence-electron chi connectivity index (χ0n) is 17.6. The molecular formula is C25H21ClN2O3S. The Morgan fingerprint density at radius 2 is 1.72 bits per heavy atom. The van der Waals surface area contributed by atoms with E-state index in [2.05, 4.69) is 10.6 Å². The maximum Gasteiger partial charge on any atom is 0.267 e. The number of benzene rings is 3. The third-order valence-electron chi connectivity index (χ3n) is 4.83. The molecule has 0 bridgehead atoms. The molecule has 4 rings (SSSR count). The average molecular weight is 465 g/mol. The van der Waals surface area contributed by atoms with Gasteiger partial charge >= 0.3 is 0 Å². The van der Waals surface area contributed by atoms with Crippen molar-refractivity contribution in [2.24, 2.45) is 0 Å². The minimum Gasteiger partial charge on any atom is -0.494 e. The molecule has 5 nitrogen and oxygen atoms in total.